The van der Waals surface area contributed by atoms with Gasteiger partial charge in [0.2, 0.25) is 0 Å². The molecule has 0 spiro atoms. The van der Waals surface area contributed by atoms with Gasteiger partial charge in [0.25, 0.3) is 0 Å². The van der Waals surface area contributed by atoms with Crippen LogP contribution in [0.3, 0.4) is 0 Å². The summed E-state index contributed by atoms with van der Waals surface area (Å²) in [4.78, 5) is 1.48. The molecule has 0 fully saturated rings. The Kier molecular flexibility index (Phi) is 2.15. The van der Waals surface area contributed by atoms with E-state index in [1.807, 2.05) is 11.8 Å². The third-order valence-electron chi connectivity index (χ3n) is 3.30. The molecule has 0 bridgehead atoms. The maximum Gasteiger partial charge on any atom is 0.0110 e. The quantitative estimate of drug-likeness (QED) is 0.604. The van der Waals surface area contributed by atoms with Gasteiger partial charge in [0.15, 0.2) is 0 Å². The molecule has 0 saturated carbocycles. The molecule has 1 heteroatoms. The second-order valence-corrected chi connectivity index (χ2v) is 5.49. The summed E-state index contributed by atoms with van der Waals surface area (Å²) in [6, 6.07) is 8.81. The molecule has 1 aliphatic rings. The zero-order chi connectivity index (χ0) is 9.47. The van der Waals surface area contributed by atoms with Crippen LogP contribution in [0.1, 0.15) is 26.3 Å². The van der Waals surface area contributed by atoms with Crippen molar-refractivity contribution >= 4 is 11.8 Å². The van der Waals surface area contributed by atoms with Gasteiger partial charge in [-0.3, -0.25) is 0 Å². The molecule has 70 valence electrons. The van der Waals surface area contributed by atoms with Crippen LogP contribution in [0.15, 0.2) is 29.2 Å². The summed E-state index contributed by atoms with van der Waals surface area (Å²) in [5, 5.41) is 0. The summed E-state index contributed by atoms with van der Waals surface area (Å²) in [6.45, 7) is 7.06. The van der Waals surface area contributed by atoms with Crippen LogP contribution in [0, 0.1) is 5.92 Å². The van der Waals surface area contributed by atoms with Gasteiger partial charge in [0.05, 0.1) is 0 Å². The highest BCUT2D eigenvalue weighted by molar-refractivity contribution is 7.99. The van der Waals surface area contributed by atoms with Gasteiger partial charge in [-0.05, 0) is 23.0 Å². The normalized spacial score (nSPS) is 25.3. The van der Waals surface area contributed by atoms with Crippen molar-refractivity contribution in [1.82, 2.24) is 0 Å². The van der Waals surface area contributed by atoms with Crippen molar-refractivity contribution in [3.05, 3.63) is 29.8 Å². The van der Waals surface area contributed by atoms with Gasteiger partial charge in [0, 0.05) is 10.6 Å². The van der Waals surface area contributed by atoms with Gasteiger partial charge < -0.3 is 0 Å². The van der Waals surface area contributed by atoms with Crippen molar-refractivity contribution in [2.75, 3.05) is 5.75 Å². The van der Waals surface area contributed by atoms with Crippen LogP contribution in [-0.4, -0.2) is 5.75 Å². The van der Waals surface area contributed by atoms with Crippen molar-refractivity contribution in [3.63, 3.8) is 0 Å². The summed E-state index contributed by atoms with van der Waals surface area (Å²) in [7, 11) is 0. The van der Waals surface area contributed by atoms with Crippen LogP contribution < -0.4 is 0 Å². The van der Waals surface area contributed by atoms with E-state index in [2.05, 4.69) is 45.0 Å². The Balaban J connectivity index is 2.52. The molecule has 1 aromatic rings. The summed E-state index contributed by atoms with van der Waals surface area (Å²) in [6.07, 6.45) is 0. The molecular formula is C12H16S. The van der Waals surface area contributed by atoms with E-state index in [0.717, 1.165) is 5.92 Å². The summed E-state index contributed by atoms with van der Waals surface area (Å²) < 4.78 is 0. The van der Waals surface area contributed by atoms with E-state index < -0.39 is 0 Å². The molecular weight excluding hydrogens is 176 g/mol. The van der Waals surface area contributed by atoms with Crippen LogP contribution in [0.5, 0.6) is 0 Å². The molecule has 1 aliphatic heterocycles. The third-order valence-corrected chi connectivity index (χ3v) is 4.64. The number of rotatable bonds is 0. The van der Waals surface area contributed by atoms with Gasteiger partial charge in [-0.15, -0.1) is 11.8 Å². The molecule has 0 aliphatic carbocycles. The van der Waals surface area contributed by atoms with E-state index in [1.165, 1.54) is 16.2 Å². The predicted molar refractivity (Wildman–Crippen MR) is 59.4 cm³/mol. The number of benzene rings is 1. The van der Waals surface area contributed by atoms with Crippen molar-refractivity contribution in [2.45, 2.75) is 31.1 Å². The van der Waals surface area contributed by atoms with Crippen molar-refractivity contribution in [2.24, 2.45) is 5.92 Å². The predicted octanol–water partition coefficient (Wildman–Crippen LogP) is 3.71. The van der Waals surface area contributed by atoms with Crippen LogP contribution in [0.2, 0.25) is 0 Å². The Bertz CT molecular complexity index is 315. The minimum atomic E-state index is 0.349. The van der Waals surface area contributed by atoms with Crippen LogP contribution in [0.4, 0.5) is 0 Å². The van der Waals surface area contributed by atoms with E-state index in [-0.39, 0.29) is 0 Å². The number of hydrogen-bond donors (Lipinski definition) is 0. The fourth-order valence-corrected chi connectivity index (χ4v) is 3.32. The molecule has 1 aromatic carbocycles. The van der Waals surface area contributed by atoms with Crippen molar-refractivity contribution < 1.29 is 0 Å². The lowest BCUT2D eigenvalue weighted by atomic mass is 9.75. The molecule has 0 nitrogen and oxygen atoms in total. The van der Waals surface area contributed by atoms with Crippen molar-refractivity contribution in [1.29, 1.82) is 0 Å². The maximum absolute atomic E-state index is 2.36. The van der Waals surface area contributed by atoms with Gasteiger partial charge in [-0.1, -0.05) is 39.0 Å². The van der Waals surface area contributed by atoms with Gasteiger partial charge >= 0.3 is 0 Å². The average Bonchev–Trinajstić information content (AvgIpc) is 2.13. The SMILES string of the molecule is CC1CSc2ccccc2C1(C)C. The van der Waals surface area contributed by atoms with Crippen LogP contribution >= 0.6 is 11.8 Å². The van der Waals surface area contributed by atoms with Crippen LogP contribution in [-0.2, 0) is 5.41 Å². The Morgan fingerprint density at radius 3 is 2.77 bits per heavy atom. The zero-order valence-electron chi connectivity index (χ0n) is 8.50. The first-order valence-corrected chi connectivity index (χ1v) is 5.83. The Hall–Kier alpha value is -0.430. The molecule has 0 aromatic heterocycles. The summed E-state index contributed by atoms with van der Waals surface area (Å²) >= 11 is 2.00. The fourth-order valence-electron chi connectivity index (χ4n) is 1.81. The minimum Gasteiger partial charge on any atom is -0.126 e. The fraction of sp³-hybridized carbons (Fsp3) is 0.500. The first-order chi connectivity index (χ1) is 6.12. The zero-order valence-corrected chi connectivity index (χ0v) is 9.32. The summed E-state index contributed by atoms with van der Waals surface area (Å²) in [5.74, 6) is 2.02. The third kappa shape index (κ3) is 1.39. The molecule has 13 heavy (non-hydrogen) atoms. The monoisotopic (exact) mass is 192 g/mol. The summed E-state index contributed by atoms with van der Waals surface area (Å²) in [5.41, 5.74) is 1.88. The molecule has 1 atom stereocenters. The molecule has 0 N–H and O–H groups in total. The Morgan fingerprint density at radius 1 is 1.31 bits per heavy atom. The molecule has 1 heterocycles. The van der Waals surface area contributed by atoms with Crippen LogP contribution in [0.25, 0.3) is 0 Å². The highest BCUT2D eigenvalue weighted by Gasteiger charge is 2.33. The highest BCUT2D eigenvalue weighted by Crippen LogP contribution is 2.44. The lowest BCUT2D eigenvalue weighted by molar-refractivity contribution is 0.366. The van der Waals surface area contributed by atoms with E-state index in [9.17, 15) is 0 Å². The topological polar surface area (TPSA) is 0 Å². The second-order valence-electron chi connectivity index (χ2n) is 4.43. The van der Waals surface area contributed by atoms with Gasteiger partial charge in [-0.2, -0.15) is 0 Å². The van der Waals surface area contributed by atoms with E-state index in [4.69, 9.17) is 0 Å². The molecule has 1 unspecified atom stereocenters. The number of fused-ring (bicyclic) bond motifs is 1. The standard InChI is InChI=1S/C12H16S/c1-9-8-13-11-7-5-4-6-10(11)12(9,2)3/h4-7,9H,8H2,1-3H3. The average molecular weight is 192 g/mol. The highest BCUT2D eigenvalue weighted by atomic mass is 32.2. The lowest BCUT2D eigenvalue weighted by Crippen LogP contribution is -2.31. The van der Waals surface area contributed by atoms with E-state index >= 15 is 0 Å². The first kappa shape index (κ1) is 9.14. The van der Waals surface area contributed by atoms with Crippen molar-refractivity contribution in [3.8, 4) is 0 Å². The van der Waals surface area contributed by atoms with Gasteiger partial charge in [0.1, 0.15) is 0 Å². The lowest BCUT2D eigenvalue weighted by Gasteiger charge is -2.38. The Labute approximate surface area is 84.7 Å². The second kappa shape index (κ2) is 3.06. The Morgan fingerprint density at radius 2 is 2.00 bits per heavy atom. The van der Waals surface area contributed by atoms with E-state index in [1.54, 1.807) is 0 Å². The molecule has 0 radical (unpaired) electrons. The molecule has 0 amide bonds. The molecule has 2 rings (SSSR count). The maximum atomic E-state index is 2.36. The van der Waals surface area contributed by atoms with Gasteiger partial charge in [-0.25, -0.2) is 0 Å². The number of hydrogen-bond acceptors (Lipinski definition) is 1. The smallest absolute Gasteiger partial charge is 0.0110 e. The largest absolute Gasteiger partial charge is 0.126 e. The molecule has 0 saturated heterocycles. The minimum absolute atomic E-state index is 0.349. The number of thioether (sulfide) groups is 1. The first-order valence-electron chi connectivity index (χ1n) is 4.84. The van der Waals surface area contributed by atoms with E-state index in [0.29, 0.717) is 5.41 Å².